The molecule has 0 aliphatic carbocycles. The first-order valence-corrected chi connectivity index (χ1v) is 9.16. The van der Waals surface area contributed by atoms with Gasteiger partial charge in [-0.2, -0.15) is 9.78 Å². The van der Waals surface area contributed by atoms with Crippen LogP contribution in [0.5, 0.6) is 11.5 Å². The van der Waals surface area contributed by atoms with E-state index in [0.717, 1.165) is 0 Å². The summed E-state index contributed by atoms with van der Waals surface area (Å²) in [5.41, 5.74) is 0.204. The van der Waals surface area contributed by atoms with Crippen molar-refractivity contribution in [2.24, 2.45) is 0 Å². The van der Waals surface area contributed by atoms with Gasteiger partial charge in [0.05, 0.1) is 30.2 Å². The summed E-state index contributed by atoms with van der Waals surface area (Å²) in [5.74, 6) is 6.22. The van der Waals surface area contributed by atoms with Crippen LogP contribution in [0.3, 0.4) is 0 Å². The van der Waals surface area contributed by atoms with Crippen molar-refractivity contribution in [2.75, 3.05) is 13.7 Å². The number of nitrogens with zero attached hydrogens (tertiary/aromatic N) is 2. The average molecular weight is 408 g/mol. The first-order chi connectivity index (χ1) is 14.2. The highest BCUT2D eigenvalue weighted by Gasteiger charge is 2.16. The van der Waals surface area contributed by atoms with E-state index >= 15 is 0 Å². The van der Waals surface area contributed by atoms with E-state index in [4.69, 9.17) is 9.47 Å². The van der Waals surface area contributed by atoms with Crippen LogP contribution >= 0.6 is 0 Å². The molecule has 0 bridgehead atoms. The Hall–Kier alpha value is -3.63. The monoisotopic (exact) mass is 408 g/mol. The van der Waals surface area contributed by atoms with E-state index in [2.05, 4.69) is 16.9 Å². The van der Waals surface area contributed by atoms with Gasteiger partial charge in [-0.05, 0) is 50.2 Å². The van der Waals surface area contributed by atoms with Crippen LogP contribution in [0.15, 0.2) is 59.5 Å². The maximum Gasteiger partial charge on any atom is 0.272 e. The molecule has 7 heteroatoms. The second-order valence-electron chi connectivity index (χ2n) is 7.19. The molecule has 3 rings (SSSR count). The zero-order valence-electron chi connectivity index (χ0n) is 16.8. The molecule has 0 atom stereocenters. The van der Waals surface area contributed by atoms with E-state index in [1.165, 1.54) is 36.2 Å². The van der Waals surface area contributed by atoms with Gasteiger partial charge in [0.2, 0.25) is 0 Å². The van der Waals surface area contributed by atoms with Crippen LogP contribution in [0.25, 0.3) is 5.69 Å². The SMILES string of the molecule is COc1cc(-n2ncc(C#Cc3ccc(F)cc3)cc2=O)ccc1OCC(C)(C)O. The topological polar surface area (TPSA) is 73.6 Å². The maximum atomic E-state index is 13.0. The lowest BCUT2D eigenvalue weighted by Gasteiger charge is -2.19. The van der Waals surface area contributed by atoms with E-state index in [0.29, 0.717) is 28.3 Å². The lowest BCUT2D eigenvalue weighted by Crippen LogP contribution is -2.28. The van der Waals surface area contributed by atoms with Crippen molar-refractivity contribution in [3.05, 3.63) is 82.0 Å². The van der Waals surface area contributed by atoms with Gasteiger partial charge in [0, 0.05) is 17.7 Å². The van der Waals surface area contributed by atoms with Gasteiger partial charge in [-0.25, -0.2) is 4.39 Å². The molecule has 0 amide bonds. The Labute approximate surface area is 173 Å². The minimum atomic E-state index is -0.993. The number of methoxy groups -OCH3 is 1. The minimum absolute atomic E-state index is 0.0856. The Bertz CT molecular complexity index is 1150. The van der Waals surface area contributed by atoms with Gasteiger partial charge in [-0.15, -0.1) is 0 Å². The third kappa shape index (κ3) is 5.46. The molecule has 1 heterocycles. The summed E-state index contributed by atoms with van der Waals surface area (Å²) in [4.78, 5) is 12.5. The lowest BCUT2D eigenvalue weighted by atomic mass is 10.2. The molecule has 1 N–H and O–H groups in total. The summed E-state index contributed by atoms with van der Waals surface area (Å²) in [7, 11) is 1.49. The molecule has 0 aliphatic heterocycles. The number of ether oxygens (including phenoxy) is 2. The third-order valence-corrected chi connectivity index (χ3v) is 3.97. The minimum Gasteiger partial charge on any atom is -0.493 e. The van der Waals surface area contributed by atoms with Gasteiger partial charge in [0.1, 0.15) is 12.4 Å². The summed E-state index contributed by atoms with van der Waals surface area (Å²) in [5, 5.41) is 14.0. The Morgan fingerprint density at radius 1 is 1.07 bits per heavy atom. The van der Waals surface area contributed by atoms with Crippen LogP contribution in [0.4, 0.5) is 4.39 Å². The zero-order valence-corrected chi connectivity index (χ0v) is 16.8. The predicted octanol–water partition coefficient (Wildman–Crippen LogP) is 2.93. The predicted molar refractivity (Wildman–Crippen MR) is 111 cm³/mol. The molecular formula is C23H21FN2O4. The van der Waals surface area contributed by atoms with Gasteiger partial charge in [-0.3, -0.25) is 4.79 Å². The van der Waals surface area contributed by atoms with E-state index < -0.39 is 5.60 Å². The van der Waals surface area contributed by atoms with Gasteiger partial charge >= 0.3 is 0 Å². The summed E-state index contributed by atoms with van der Waals surface area (Å²) in [6.07, 6.45) is 1.48. The molecule has 3 aromatic rings. The van der Waals surface area contributed by atoms with Crippen molar-refractivity contribution in [3.63, 3.8) is 0 Å². The molecule has 0 saturated heterocycles. The highest BCUT2D eigenvalue weighted by atomic mass is 19.1. The van der Waals surface area contributed by atoms with Crippen LogP contribution in [-0.2, 0) is 0 Å². The van der Waals surface area contributed by atoms with Crippen LogP contribution < -0.4 is 15.0 Å². The molecule has 0 spiro atoms. The Kier molecular flexibility index (Phi) is 6.19. The molecule has 0 unspecified atom stereocenters. The fraction of sp³-hybridized carbons (Fsp3) is 0.217. The second-order valence-corrected chi connectivity index (χ2v) is 7.19. The fourth-order valence-corrected chi connectivity index (χ4v) is 2.51. The van der Waals surface area contributed by atoms with Gasteiger partial charge < -0.3 is 14.6 Å². The molecule has 1 aromatic heterocycles. The van der Waals surface area contributed by atoms with Crippen molar-refractivity contribution in [1.82, 2.24) is 9.78 Å². The Morgan fingerprint density at radius 3 is 2.40 bits per heavy atom. The van der Waals surface area contributed by atoms with Crippen molar-refractivity contribution in [1.29, 1.82) is 0 Å². The maximum absolute atomic E-state index is 13.0. The smallest absolute Gasteiger partial charge is 0.272 e. The molecule has 2 aromatic carbocycles. The standard InChI is InChI=1S/C23H21FN2O4/c1-23(2,28)15-30-20-11-10-19(13-21(20)29-3)26-22(27)12-17(14-25-26)5-4-16-6-8-18(24)9-7-16/h6-14,28H,15H2,1-3H3. The average Bonchev–Trinajstić information content (AvgIpc) is 2.71. The molecule has 6 nitrogen and oxygen atoms in total. The van der Waals surface area contributed by atoms with Crippen molar-refractivity contribution in [2.45, 2.75) is 19.4 Å². The van der Waals surface area contributed by atoms with E-state index in [1.807, 2.05) is 0 Å². The first kappa shape index (κ1) is 21.1. The molecule has 154 valence electrons. The van der Waals surface area contributed by atoms with Crippen molar-refractivity contribution in [3.8, 4) is 29.0 Å². The van der Waals surface area contributed by atoms with Crippen LogP contribution in [0.1, 0.15) is 25.0 Å². The highest BCUT2D eigenvalue weighted by molar-refractivity contribution is 5.49. The number of hydrogen-bond donors (Lipinski definition) is 1. The third-order valence-electron chi connectivity index (χ3n) is 3.97. The molecule has 0 aliphatic rings. The van der Waals surface area contributed by atoms with E-state index in [1.54, 1.807) is 44.2 Å². The number of halogens is 1. The molecule has 0 saturated carbocycles. The van der Waals surface area contributed by atoms with E-state index in [-0.39, 0.29) is 18.0 Å². The summed E-state index contributed by atoms with van der Waals surface area (Å²) in [6.45, 7) is 3.36. The second kappa shape index (κ2) is 8.80. The number of aliphatic hydroxyl groups is 1. The van der Waals surface area contributed by atoms with Crippen LogP contribution in [0, 0.1) is 17.7 Å². The van der Waals surface area contributed by atoms with Gasteiger partial charge in [0.25, 0.3) is 5.56 Å². The van der Waals surface area contributed by atoms with Crippen LogP contribution in [0.2, 0.25) is 0 Å². The molecule has 0 fully saturated rings. The summed E-state index contributed by atoms with van der Waals surface area (Å²) < 4.78 is 25.1. The quantitative estimate of drug-likeness (QED) is 0.657. The number of aromatic nitrogens is 2. The largest absolute Gasteiger partial charge is 0.493 e. The Morgan fingerprint density at radius 2 is 1.77 bits per heavy atom. The lowest BCUT2D eigenvalue weighted by molar-refractivity contribution is 0.0276. The highest BCUT2D eigenvalue weighted by Crippen LogP contribution is 2.29. The fourth-order valence-electron chi connectivity index (χ4n) is 2.51. The van der Waals surface area contributed by atoms with Crippen LogP contribution in [-0.4, -0.2) is 34.2 Å². The van der Waals surface area contributed by atoms with E-state index in [9.17, 15) is 14.3 Å². The number of rotatable bonds is 5. The molecule has 30 heavy (non-hydrogen) atoms. The van der Waals surface area contributed by atoms with Gasteiger partial charge in [-0.1, -0.05) is 11.8 Å². The number of benzene rings is 2. The Balaban J connectivity index is 1.84. The number of hydrogen-bond acceptors (Lipinski definition) is 5. The normalized spacial score (nSPS) is 10.8. The molecular weight excluding hydrogens is 387 g/mol. The summed E-state index contributed by atoms with van der Waals surface area (Å²) in [6, 6.07) is 12.1. The van der Waals surface area contributed by atoms with Gasteiger partial charge in [0.15, 0.2) is 11.5 Å². The molecule has 0 radical (unpaired) electrons. The van der Waals surface area contributed by atoms with Crippen molar-refractivity contribution < 1.29 is 19.0 Å². The van der Waals surface area contributed by atoms with Crippen molar-refractivity contribution >= 4 is 0 Å². The summed E-state index contributed by atoms with van der Waals surface area (Å²) >= 11 is 0. The zero-order chi connectivity index (χ0) is 21.7. The first-order valence-electron chi connectivity index (χ1n) is 9.16.